The Morgan fingerprint density at radius 3 is 2.71 bits per heavy atom. The topological polar surface area (TPSA) is 70.4 Å². The molecule has 2 N–H and O–H groups in total. The van der Waals surface area contributed by atoms with Crippen LogP contribution in [0.3, 0.4) is 0 Å². The summed E-state index contributed by atoms with van der Waals surface area (Å²) in [6.45, 7) is 2.25. The molecular formula is C14H25ClN4O2. The van der Waals surface area contributed by atoms with Crippen LogP contribution in [0.4, 0.5) is 5.69 Å². The summed E-state index contributed by atoms with van der Waals surface area (Å²) in [4.78, 5) is 14.0. The molecule has 1 heterocycles. The number of rotatable bonds is 10. The largest absolute Gasteiger partial charge is 0.396 e. The standard InChI is InChI=1S/C14H25ClN4O2/c1-18(2)8-9-19-14(21)13(15)12(11-17-19)16-7-5-3-4-6-10-20/h11,16,20H,3-10H2,1-2H3. The molecule has 7 heteroatoms. The van der Waals surface area contributed by atoms with Gasteiger partial charge in [-0.1, -0.05) is 24.4 Å². The van der Waals surface area contributed by atoms with Gasteiger partial charge in [0.2, 0.25) is 0 Å². The average molecular weight is 317 g/mol. The van der Waals surface area contributed by atoms with Gasteiger partial charge in [-0.15, -0.1) is 0 Å². The highest BCUT2D eigenvalue weighted by atomic mass is 35.5. The molecule has 0 atom stereocenters. The zero-order chi connectivity index (χ0) is 15.7. The summed E-state index contributed by atoms with van der Waals surface area (Å²) in [5.41, 5.74) is 0.328. The highest BCUT2D eigenvalue weighted by Gasteiger charge is 2.08. The van der Waals surface area contributed by atoms with Crippen LogP contribution in [-0.2, 0) is 6.54 Å². The van der Waals surface area contributed by atoms with E-state index in [2.05, 4.69) is 10.4 Å². The fraction of sp³-hybridized carbons (Fsp3) is 0.714. The Bertz CT molecular complexity index is 477. The van der Waals surface area contributed by atoms with E-state index in [1.165, 1.54) is 4.68 Å². The molecule has 1 aromatic heterocycles. The summed E-state index contributed by atoms with van der Waals surface area (Å²) in [6.07, 6.45) is 5.46. The van der Waals surface area contributed by atoms with Crippen LogP contribution in [0.25, 0.3) is 0 Å². The highest BCUT2D eigenvalue weighted by molar-refractivity contribution is 6.32. The maximum atomic E-state index is 12.1. The van der Waals surface area contributed by atoms with Gasteiger partial charge < -0.3 is 15.3 Å². The van der Waals surface area contributed by atoms with Crippen molar-refractivity contribution in [3.8, 4) is 0 Å². The number of aromatic nitrogens is 2. The number of aliphatic hydroxyl groups excluding tert-OH is 1. The molecule has 0 aliphatic rings. The molecule has 0 radical (unpaired) electrons. The minimum absolute atomic E-state index is 0.194. The van der Waals surface area contributed by atoms with Gasteiger partial charge in [0.1, 0.15) is 5.02 Å². The molecule has 0 saturated carbocycles. The van der Waals surface area contributed by atoms with Gasteiger partial charge in [-0.3, -0.25) is 4.79 Å². The van der Waals surface area contributed by atoms with Gasteiger partial charge >= 0.3 is 0 Å². The quantitative estimate of drug-likeness (QED) is 0.639. The second-order valence-electron chi connectivity index (χ2n) is 5.27. The number of nitrogens with one attached hydrogen (secondary N) is 1. The number of halogens is 1. The van der Waals surface area contributed by atoms with E-state index in [0.29, 0.717) is 12.2 Å². The second-order valence-corrected chi connectivity index (χ2v) is 5.65. The second kappa shape index (κ2) is 9.76. The van der Waals surface area contributed by atoms with Crippen molar-refractivity contribution in [3.63, 3.8) is 0 Å². The first-order valence-electron chi connectivity index (χ1n) is 7.31. The van der Waals surface area contributed by atoms with Crippen molar-refractivity contribution in [1.82, 2.24) is 14.7 Å². The van der Waals surface area contributed by atoms with E-state index < -0.39 is 0 Å². The molecule has 1 rings (SSSR count). The lowest BCUT2D eigenvalue weighted by atomic mass is 10.2. The molecular weight excluding hydrogens is 292 g/mol. The monoisotopic (exact) mass is 316 g/mol. The molecule has 0 bridgehead atoms. The number of anilines is 1. The van der Waals surface area contributed by atoms with E-state index in [1.807, 2.05) is 19.0 Å². The van der Waals surface area contributed by atoms with Crippen LogP contribution in [0.5, 0.6) is 0 Å². The molecule has 0 saturated heterocycles. The zero-order valence-corrected chi connectivity index (χ0v) is 13.6. The zero-order valence-electron chi connectivity index (χ0n) is 12.8. The molecule has 0 spiro atoms. The first-order chi connectivity index (χ1) is 10.1. The number of unbranched alkanes of at least 4 members (excludes halogenated alkanes) is 3. The molecule has 0 fully saturated rings. The number of likely N-dealkylation sites (N-methyl/N-ethyl adjacent to an activating group) is 1. The van der Waals surface area contributed by atoms with Gasteiger partial charge in [0, 0.05) is 19.7 Å². The molecule has 6 nitrogen and oxygen atoms in total. The van der Waals surface area contributed by atoms with Gasteiger partial charge in [0.05, 0.1) is 18.4 Å². The number of aliphatic hydroxyl groups is 1. The van der Waals surface area contributed by atoms with Crippen LogP contribution in [0, 0.1) is 0 Å². The summed E-state index contributed by atoms with van der Waals surface area (Å²) in [6, 6.07) is 0. The van der Waals surface area contributed by atoms with Gasteiger partial charge in [0.15, 0.2) is 0 Å². The van der Waals surface area contributed by atoms with Gasteiger partial charge in [-0.05, 0) is 26.9 Å². The van der Waals surface area contributed by atoms with Crippen LogP contribution in [0.1, 0.15) is 25.7 Å². The van der Waals surface area contributed by atoms with Gasteiger partial charge in [0.25, 0.3) is 5.56 Å². The predicted octanol–water partition coefficient (Wildman–Crippen LogP) is 1.42. The van der Waals surface area contributed by atoms with Crippen molar-refractivity contribution in [1.29, 1.82) is 0 Å². The first-order valence-corrected chi connectivity index (χ1v) is 7.69. The fourth-order valence-electron chi connectivity index (χ4n) is 1.86. The fourth-order valence-corrected chi connectivity index (χ4v) is 2.07. The van der Waals surface area contributed by atoms with Crippen LogP contribution in [0.15, 0.2) is 11.0 Å². The third kappa shape index (κ3) is 6.46. The molecule has 120 valence electrons. The Balaban J connectivity index is 2.49. The summed E-state index contributed by atoms with van der Waals surface area (Å²) in [5.74, 6) is 0. The van der Waals surface area contributed by atoms with E-state index in [9.17, 15) is 4.79 Å². The Kier molecular flexibility index (Phi) is 8.34. The number of nitrogens with zero attached hydrogens (tertiary/aromatic N) is 3. The van der Waals surface area contributed by atoms with Gasteiger partial charge in [-0.2, -0.15) is 5.10 Å². The van der Waals surface area contributed by atoms with Crippen LogP contribution < -0.4 is 10.9 Å². The summed E-state index contributed by atoms with van der Waals surface area (Å²) in [7, 11) is 3.89. The minimum atomic E-state index is -0.260. The molecule has 1 aromatic rings. The Hall–Kier alpha value is -1.11. The maximum absolute atomic E-state index is 12.1. The molecule has 21 heavy (non-hydrogen) atoms. The first kappa shape index (κ1) is 17.9. The molecule has 0 amide bonds. The SMILES string of the molecule is CN(C)CCn1ncc(NCCCCCCO)c(Cl)c1=O. The van der Waals surface area contributed by atoms with Crippen LogP contribution in [0.2, 0.25) is 5.02 Å². The van der Waals surface area contributed by atoms with E-state index in [1.54, 1.807) is 6.20 Å². The van der Waals surface area contributed by atoms with E-state index in [4.69, 9.17) is 16.7 Å². The van der Waals surface area contributed by atoms with E-state index >= 15 is 0 Å². The van der Waals surface area contributed by atoms with Crippen molar-refractivity contribution in [2.24, 2.45) is 0 Å². The Morgan fingerprint density at radius 1 is 1.33 bits per heavy atom. The van der Waals surface area contributed by atoms with E-state index in [0.717, 1.165) is 38.8 Å². The summed E-state index contributed by atoms with van der Waals surface area (Å²) >= 11 is 6.09. The number of hydrogen-bond acceptors (Lipinski definition) is 5. The van der Waals surface area contributed by atoms with Crippen molar-refractivity contribution < 1.29 is 5.11 Å². The Labute approximate surface area is 130 Å². The molecule has 0 aliphatic carbocycles. The van der Waals surface area contributed by atoms with Crippen molar-refractivity contribution in [2.45, 2.75) is 32.2 Å². The minimum Gasteiger partial charge on any atom is -0.396 e. The highest BCUT2D eigenvalue weighted by Crippen LogP contribution is 2.15. The molecule has 0 aromatic carbocycles. The van der Waals surface area contributed by atoms with Crippen molar-refractivity contribution in [3.05, 3.63) is 21.6 Å². The normalized spacial score (nSPS) is 11.1. The average Bonchev–Trinajstić information content (AvgIpc) is 2.45. The smallest absolute Gasteiger partial charge is 0.287 e. The molecule has 0 unspecified atom stereocenters. The lowest BCUT2D eigenvalue weighted by Gasteiger charge is -2.12. The van der Waals surface area contributed by atoms with Crippen molar-refractivity contribution in [2.75, 3.05) is 39.1 Å². The molecule has 0 aliphatic heterocycles. The lowest BCUT2D eigenvalue weighted by molar-refractivity contribution is 0.283. The van der Waals surface area contributed by atoms with Crippen LogP contribution in [-0.4, -0.2) is 53.6 Å². The third-order valence-electron chi connectivity index (χ3n) is 3.14. The third-order valence-corrected chi connectivity index (χ3v) is 3.51. The predicted molar refractivity (Wildman–Crippen MR) is 86.1 cm³/mol. The van der Waals surface area contributed by atoms with Crippen molar-refractivity contribution >= 4 is 17.3 Å². The maximum Gasteiger partial charge on any atom is 0.287 e. The van der Waals surface area contributed by atoms with Crippen LogP contribution >= 0.6 is 11.6 Å². The summed E-state index contributed by atoms with van der Waals surface area (Å²) in [5, 5.41) is 16.2. The summed E-state index contributed by atoms with van der Waals surface area (Å²) < 4.78 is 1.38. The van der Waals surface area contributed by atoms with Gasteiger partial charge in [-0.25, -0.2) is 4.68 Å². The number of hydrogen-bond donors (Lipinski definition) is 2. The lowest BCUT2D eigenvalue weighted by Crippen LogP contribution is -2.29. The van der Waals surface area contributed by atoms with E-state index in [-0.39, 0.29) is 17.2 Å². The Morgan fingerprint density at radius 2 is 2.05 bits per heavy atom.